The lowest BCUT2D eigenvalue weighted by Gasteiger charge is -2.13. The summed E-state index contributed by atoms with van der Waals surface area (Å²) in [5.41, 5.74) is 1.61. The molecule has 0 aliphatic rings. The highest BCUT2D eigenvalue weighted by Gasteiger charge is 2.13. The summed E-state index contributed by atoms with van der Waals surface area (Å²) in [5.74, 6) is 0.0202. The molecule has 3 aromatic heterocycles. The molecule has 0 unspecified atom stereocenters. The summed E-state index contributed by atoms with van der Waals surface area (Å²) >= 11 is 0. The Morgan fingerprint density at radius 2 is 1.93 bits per heavy atom. The van der Waals surface area contributed by atoms with Gasteiger partial charge in [-0.25, -0.2) is 23.8 Å². The van der Waals surface area contributed by atoms with Crippen LogP contribution in [0.15, 0.2) is 48.8 Å². The SMILES string of the molecule is CCc1cnc(Nc2ccc(-c3nnn[nH]3)cn2)c(Oc2ccc(F)cc2F)c1. The first kappa shape index (κ1) is 18.4. The number of hydrogen-bond donors (Lipinski definition) is 2. The number of H-pyrrole nitrogens is 1. The fourth-order valence-electron chi connectivity index (χ4n) is 2.54. The first-order valence-electron chi connectivity index (χ1n) is 8.71. The van der Waals surface area contributed by atoms with Gasteiger partial charge in [-0.2, -0.15) is 0 Å². The Kier molecular flexibility index (Phi) is 5.06. The van der Waals surface area contributed by atoms with Gasteiger partial charge in [0.2, 0.25) is 0 Å². The molecule has 0 fully saturated rings. The van der Waals surface area contributed by atoms with Crippen LogP contribution in [0, 0.1) is 11.6 Å². The van der Waals surface area contributed by atoms with Crippen molar-refractivity contribution in [2.24, 2.45) is 0 Å². The van der Waals surface area contributed by atoms with Crippen molar-refractivity contribution >= 4 is 11.6 Å². The smallest absolute Gasteiger partial charge is 0.180 e. The fourth-order valence-corrected chi connectivity index (χ4v) is 2.54. The van der Waals surface area contributed by atoms with E-state index >= 15 is 0 Å². The molecule has 4 aromatic rings. The lowest BCUT2D eigenvalue weighted by Crippen LogP contribution is -2.01. The standard InChI is InChI=1S/C19H15F2N7O/c1-2-11-7-16(29-15-5-4-13(20)8-14(15)21)19(23-9-11)24-17-6-3-12(10-22-17)18-25-27-28-26-18/h3-10H,2H2,1H3,(H,22,23,24)(H,25,26,27,28). The van der Waals surface area contributed by atoms with E-state index in [1.54, 1.807) is 30.6 Å². The van der Waals surface area contributed by atoms with Gasteiger partial charge in [0.1, 0.15) is 11.6 Å². The molecule has 4 rings (SSSR count). The number of nitrogens with one attached hydrogen (secondary N) is 2. The van der Waals surface area contributed by atoms with E-state index in [1.165, 1.54) is 6.07 Å². The molecular formula is C19H15F2N7O. The number of nitrogens with zero attached hydrogens (tertiary/aromatic N) is 5. The zero-order valence-corrected chi connectivity index (χ0v) is 15.2. The average Bonchev–Trinajstić information content (AvgIpc) is 3.26. The van der Waals surface area contributed by atoms with Crippen LogP contribution in [0.25, 0.3) is 11.4 Å². The number of halogens is 2. The number of aromatic nitrogens is 6. The summed E-state index contributed by atoms with van der Waals surface area (Å²) in [5, 5.41) is 16.6. The van der Waals surface area contributed by atoms with Gasteiger partial charge in [0.05, 0.1) is 0 Å². The summed E-state index contributed by atoms with van der Waals surface area (Å²) in [6.07, 6.45) is 3.99. The van der Waals surface area contributed by atoms with Gasteiger partial charge in [-0.05, 0) is 52.7 Å². The third kappa shape index (κ3) is 4.15. The summed E-state index contributed by atoms with van der Waals surface area (Å²) in [6.45, 7) is 1.96. The highest BCUT2D eigenvalue weighted by atomic mass is 19.1. The zero-order chi connectivity index (χ0) is 20.2. The predicted molar refractivity (Wildman–Crippen MR) is 101 cm³/mol. The van der Waals surface area contributed by atoms with Gasteiger partial charge in [0.25, 0.3) is 0 Å². The quantitative estimate of drug-likeness (QED) is 0.508. The normalized spacial score (nSPS) is 10.7. The molecule has 2 N–H and O–H groups in total. The van der Waals surface area contributed by atoms with Crippen LogP contribution in [0.1, 0.15) is 12.5 Å². The summed E-state index contributed by atoms with van der Waals surface area (Å²) < 4.78 is 32.8. The van der Waals surface area contributed by atoms with Gasteiger partial charge in [0, 0.05) is 24.0 Å². The first-order chi connectivity index (χ1) is 14.1. The van der Waals surface area contributed by atoms with E-state index in [4.69, 9.17) is 4.74 Å². The molecule has 3 heterocycles. The van der Waals surface area contributed by atoms with Crippen LogP contribution in [-0.4, -0.2) is 30.6 Å². The van der Waals surface area contributed by atoms with Crippen molar-refractivity contribution in [1.29, 1.82) is 0 Å². The van der Waals surface area contributed by atoms with Gasteiger partial charge >= 0.3 is 0 Å². The monoisotopic (exact) mass is 395 g/mol. The van der Waals surface area contributed by atoms with E-state index in [0.29, 0.717) is 35.2 Å². The molecular weight excluding hydrogens is 380 g/mol. The second-order valence-electron chi connectivity index (χ2n) is 6.03. The van der Waals surface area contributed by atoms with Crippen LogP contribution in [0.3, 0.4) is 0 Å². The highest BCUT2D eigenvalue weighted by Crippen LogP contribution is 2.32. The molecule has 0 aliphatic heterocycles. The van der Waals surface area contributed by atoms with E-state index in [1.807, 2.05) is 6.92 Å². The van der Waals surface area contributed by atoms with Crippen molar-refractivity contribution in [3.8, 4) is 22.9 Å². The van der Waals surface area contributed by atoms with Crippen molar-refractivity contribution in [2.75, 3.05) is 5.32 Å². The number of benzene rings is 1. The van der Waals surface area contributed by atoms with Gasteiger partial charge in [0.15, 0.2) is 29.0 Å². The minimum atomic E-state index is -0.805. The van der Waals surface area contributed by atoms with Crippen molar-refractivity contribution in [2.45, 2.75) is 13.3 Å². The Labute approximate surface area is 164 Å². The summed E-state index contributed by atoms with van der Waals surface area (Å²) in [7, 11) is 0. The molecule has 0 saturated heterocycles. The summed E-state index contributed by atoms with van der Waals surface area (Å²) in [4.78, 5) is 8.65. The first-order valence-corrected chi connectivity index (χ1v) is 8.71. The third-order valence-corrected chi connectivity index (χ3v) is 4.06. The zero-order valence-electron chi connectivity index (χ0n) is 15.2. The second kappa shape index (κ2) is 7.97. The summed E-state index contributed by atoms with van der Waals surface area (Å²) in [6, 6.07) is 8.35. The van der Waals surface area contributed by atoms with Crippen LogP contribution in [-0.2, 0) is 6.42 Å². The number of rotatable bonds is 6. The maximum absolute atomic E-state index is 14.0. The van der Waals surface area contributed by atoms with Gasteiger partial charge in [-0.15, -0.1) is 5.10 Å². The van der Waals surface area contributed by atoms with Gasteiger partial charge in [-0.1, -0.05) is 6.92 Å². The van der Waals surface area contributed by atoms with Crippen LogP contribution in [0.5, 0.6) is 11.5 Å². The number of tetrazole rings is 1. The average molecular weight is 395 g/mol. The molecule has 0 amide bonds. The third-order valence-electron chi connectivity index (χ3n) is 4.06. The number of pyridine rings is 2. The lowest BCUT2D eigenvalue weighted by atomic mass is 10.2. The van der Waals surface area contributed by atoms with E-state index < -0.39 is 11.6 Å². The molecule has 0 bridgehead atoms. The molecule has 146 valence electrons. The molecule has 0 aliphatic carbocycles. The molecule has 0 radical (unpaired) electrons. The minimum Gasteiger partial charge on any atom is -0.450 e. The maximum atomic E-state index is 14.0. The fraction of sp³-hybridized carbons (Fsp3) is 0.105. The van der Waals surface area contributed by atoms with E-state index in [2.05, 4.69) is 35.9 Å². The lowest BCUT2D eigenvalue weighted by molar-refractivity contribution is 0.437. The topological polar surface area (TPSA) is 102 Å². The Bertz CT molecular complexity index is 1120. The number of hydrogen-bond acceptors (Lipinski definition) is 7. The molecule has 10 heteroatoms. The Morgan fingerprint density at radius 3 is 2.62 bits per heavy atom. The van der Waals surface area contributed by atoms with Crippen LogP contribution >= 0.6 is 0 Å². The minimum absolute atomic E-state index is 0.106. The van der Waals surface area contributed by atoms with Crippen molar-refractivity contribution in [1.82, 2.24) is 30.6 Å². The highest BCUT2D eigenvalue weighted by molar-refractivity contribution is 5.63. The van der Waals surface area contributed by atoms with Gasteiger partial charge in [-0.3, -0.25) is 0 Å². The van der Waals surface area contributed by atoms with E-state index in [9.17, 15) is 8.78 Å². The van der Waals surface area contributed by atoms with Crippen LogP contribution in [0.4, 0.5) is 20.4 Å². The second-order valence-corrected chi connectivity index (χ2v) is 6.03. The Balaban J connectivity index is 1.61. The van der Waals surface area contributed by atoms with E-state index in [0.717, 1.165) is 17.7 Å². The van der Waals surface area contributed by atoms with Crippen molar-refractivity contribution in [3.05, 3.63) is 66.0 Å². The maximum Gasteiger partial charge on any atom is 0.180 e. The van der Waals surface area contributed by atoms with Gasteiger partial charge < -0.3 is 10.1 Å². The molecule has 1 aromatic carbocycles. The largest absolute Gasteiger partial charge is 0.450 e. The number of aryl methyl sites for hydroxylation is 1. The number of aromatic amines is 1. The predicted octanol–water partition coefficient (Wildman–Crippen LogP) is 4.03. The molecule has 0 spiro atoms. The van der Waals surface area contributed by atoms with E-state index in [-0.39, 0.29) is 5.75 Å². The molecule has 0 atom stereocenters. The van der Waals surface area contributed by atoms with Crippen molar-refractivity contribution < 1.29 is 13.5 Å². The number of ether oxygens (including phenoxy) is 1. The molecule has 29 heavy (non-hydrogen) atoms. The molecule has 0 saturated carbocycles. The van der Waals surface area contributed by atoms with Crippen LogP contribution < -0.4 is 10.1 Å². The Morgan fingerprint density at radius 1 is 1.03 bits per heavy atom. The molecule has 8 nitrogen and oxygen atoms in total. The van der Waals surface area contributed by atoms with Crippen LogP contribution in [0.2, 0.25) is 0 Å². The Hall–Kier alpha value is -3.95. The number of anilines is 2. The van der Waals surface area contributed by atoms with Crippen molar-refractivity contribution in [3.63, 3.8) is 0 Å².